The van der Waals surface area contributed by atoms with Crippen molar-refractivity contribution in [3.8, 4) is 5.75 Å². The van der Waals surface area contributed by atoms with Crippen molar-refractivity contribution in [3.05, 3.63) is 59.7 Å². The monoisotopic (exact) mass is 372 g/mol. The lowest BCUT2D eigenvalue weighted by molar-refractivity contribution is -0.118. The lowest BCUT2D eigenvalue weighted by Gasteiger charge is -2.09. The van der Waals surface area contributed by atoms with Crippen molar-refractivity contribution in [3.63, 3.8) is 0 Å². The van der Waals surface area contributed by atoms with Gasteiger partial charge in [-0.25, -0.2) is 0 Å². The number of ether oxygens (including phenoxy) is 1. The highest BCUT2D eigenvalue weighted by molar-refractivity contribution is 8.00. The molecule has 0 fully saturated rings. The first-order valence-corrected chi connectivity index (χ1v) is 9.57. The Balaban J connectivity index is 1.63. The molecule has 2 amide bonds. The Labute approximate surface area is 158 Å². The summed E-state index contributed by atoms with van der Waals surface area (Å²) in [5.74, 6) is 1.14. The molecule has 138 valence electrons. The summed E-state index contributed by atoms with van der Waals surface area (Å²) in [6.07, 6.45) is 0.703. The van der Waals surface area contributed by atoms with Gasteiger partial charge in [0.05, 0.1) is 18.6 Å². The third-order valence-electron chi connectivity index (χ3n) is 3.68. The van der Waals surface area contributed by atoms with Crippen molar-refractivity contribution >= 4 is 29.3 Å². The van der Waals surface area contributed by atoms with Gasteiger partial charge in [0, 0.05) is 12.2 Å². The maximum absolute atomic E-state index is 11.9. The predicted octanol–water partition coefficient (Wildman–Crippen LogP) is 3.03. The molecule has 0 heterocycles. The summed E-state index contributed by atoms with van der Waals surface area (Å²) in [4.78, 5) is 23.8. The van der Waals surface area contributed by atoms with Gasteiger partial charge in [-0.15, -0.1) is 11.8 Å². The average Bonchev–Trinajstić information content (AvgIpc) is 2.62. The number of aryl methyl sites for hydroxylation is 1. The maximum Gasteiger partial charge on any atom is 0.234 e. The Bertz CT molecular complexity index is 749. The summed E-state index contributed by atoms with van der Waals surface area (Å²) in [7, 11) is 1.63. The quantitative estimate of drug-likeness (QED) is 0.710. The molecular formula is C20H24N2O3S. The Morgan fingerprint density at radius 1 is 1.04 bits per heavy atom. The van der Waals surface area contributed by atoms with Gasteiger partial charge < -0.3 is 15.4 Å². The van der Waals surface area contributed by atoms with Crippen LogP contribution in [0.25, 0.3) is 0 Å². The zero-order valence-electron chi connectivity index (χ0n) is 15.1. The predicted molar refractivity (Wildman–Crippen MR) is 107 cm³/mol. The molecule has 0 radical (unpaired) electrons. The molecule has 0 aliphatic carbocycles. The van der Waals surface area contributed by atoms with Crippen LogP contribution in [0.2, 0.25) is 0 Å². The molecule has 2 aromatic carbocycles. The Morgan fingerprint density at radius 2 is 1.81 bits per heavy atom. The van der Waals surface area contributed by atoms with Gasteiger partial charge in [0.15, 0.2) is 0 Å². The van der Waals surface area contributed by atoms with Gasteiger partial charge in [-0.3, -0.25) is 9.59 Å². The lowest BCUT2D eigenvalue weighted by atomic mass is 10.1. The first-order chi connectivity index (χ1) is 12.6. The van der Waals surface area contributed by atoms with Crippen molar-refractivity contribution in [2.24, 2.45) is 0 Å². The van der Waals surface area contributed by atoms with Crippen LogP contribution < -0.4 is 15.4 Å². The van der Waals surface area contributed by atoms with E-state index in [9.17, 15) is 9.59 Å². The highest BCUT2D eigenvalue weighted by Crippen LogP contribution is 2.17. The smallest absolute Gasteiger partial charge is 0.234 e. The number of nitrogens with one attached hydrogen (secondary N) is 2. The van der Waals surface area contributed by atoms with E-state index in [0.29, 0.717) is 13.0 Å². The van der Waals surface area contributed by atoms with Crippen LogP contribution in [0.5, 0.6) is 5.75 Å². The van der Waals surface area contributed by atoms with Gasteiger partial charge in [0.2, 0.25) is 11.8 Å². The van der Waals surface area contributed by atoms with Crippen LogP contribution in [-0.2, 0) is 16.0 Å². The molecule has 2 rings (SSSR count). The molecule has 0 saturated carbocycles. The summed E-state index contributed by atoms with van der Waals surface area (Å²) >= 11 is 1.30. The molecule has 2 N–H and O–H groups in total. The first kappa shape index (κ1) is 19.8. The molecular weight excluding hydrogens is 348 g/mol. The van der Waals surface area contributed by atoms with E-state index in [1.165, 1.54) is 11.8 Å². The normalized spacial score (nSPS) is 10.2. The number of amides is 2. The number of carbonyl (C=O) groups excluding carboxylic acids is 2. The van der Waals surface area contributed by atoms with Crippen LogP contribution in [-0.4, -0.2) is 37.0 Å². The summed E-state index contributed by atoms with van der Waals surface area (Å²) in [6.45, 7) is 2.51. The molecule has 5 nitrogen and oxygen atoms in total. The number of methoxy groups -OCH3 is 1. The molecule has 0 saturated heterocycles. The van der Waals surface area contributed by atoms with Crippen LogP contribution in [0, 0.1) is 6.92 Å². The minimum absolute atomic E-state index is 0.0757. The van der Waals surface area contributed by atoms with Crippen LogP contribution >= 0.6 is 11.8 Å². The van der Waals surface area contributed by atoms with E-state index in [1.807, 2.05) is 55.5 Å². The fourth-order valence-corrected chi connectivity index (χ4v) is 3.10. The van der Waals surface area contributed by atoms with Gasteiger partial charge in [0.25, 0.3) is 0 Å². The number of hydrogen-bond donors (Lipinski definition) is 2. The summed E-state index contributed by atoms with van der Waals surface area (Å²) < 4.78 is 5.29. The Kier molecular flexibility index (Phi) is 8.02. The Morgan fingerprint density at radius 3 is 2.58 bits per heavy atom. The van der Waals surface area contributed by atoms with Crippen molar-refractivity contribution in [1.29, 1.82) is 0 Å². The zero-order valence-corrected chi connectivity index (χ0v) is 15.9. The summed E-state index contributed by atoms with van der Waals surface area (Å²) in [5.41, 5.74) is 2.92. The van der Waals surface area contributed by atoms with E-state index in [0.717, 1.165) is 22.6 Å². The molecule has 0 aromatic heterocycles. The van der Waals surface area contributed by atoms with E-state index in [1.54, 1.807) is 7.11 Å². The van der Waals surface area contributed by atoms with E-state index in [2.05, 4.69) is 10.6 Å². The number of para-hydroxylation sites is 1. The Hall–Kier alpha value is -2.47. The summed E-state index contributed by atoms with van der Waals surface area (Å²) in [6, 6.07) is 15.4. The number of benzene rings is 2. The van der Waals surface area contributed by atoms with Gasteiger partial charge in [-0.1, -0.05) is 30.3 Å². The van der Waals surface area contributed by atoms with Crippen LogP contribution in [0.4, 0.5) is 5.69 Å². The second-order valence-electron chi connectivity index (χ2n) is 5.82. The number of rotatable bonds is 9. The molecule has 26 heavy (non-hydrogen) atoms. The van der Waals surface area contributed by atoms with Gasteiger partial charge in [-0.05, 0) is 42.7 Å². The topological polar surface area (TPSA) is 67.4 Å². The average molecular weight is 372 g/mol. The molecule has 0 unspecified atom stereocenters. The van der Waals surface area contributed by atoms with Crippen LogP contribution in [0.15, 0.2) is 48.5 Å². The first-order valence-electron chi connectivity index (χ1n) is 8.41. The molecule has 0 atom stereocenters. The second-order valence-corrected chi connectivity index (χ2v) is 6.81. The number of hydrogen-bond acceptors (Lipinski definition) is 4. The molecule has 0 bridgehead atoms. The van der Waals surface area contributed by atoms with Crippen LogP contribution in [0.3, 0.4) is 0 Å². The van der Waals surface area contributed by atoms with E-state index in [4.69, 9.17) is 4.74 Å². The maximum atomic E-state index is 11.9. The lowest BCUT2D eigenvalue weighted by Crippen LogP contribution is -2.28. The second kappa shape index (κ2) is 10.5. The molecule has 0 spiro atoms. The molecule has 0 aliphatic heterocycles. The minimum Gasteiger partial charge on any atom is -0.496 e. The largest absolute Gasteiger partial charge is 0.496 e. The third-order valence-corrected chi connectivity index (χ3v) is 4.61. The minimum atomic E-state index is -0.109. The third kappa shape index (κ3) is 6.80. The van der Waals surface area contributed by atoms with E-state index < -0.39 is 0 Å². The highest BCUT2D eigenvalue weighted by atomic mass is 32.2. The number of carbonyl (C=O) groups is 2. The van der Waals surface area contributed by atoms with Gasteiger partial charge in [0.1, 0.15) is 5.75 Å². The van der Waals surface area contributed by atoms with Crippen molar-refractivity contribution < 1.29 is 14.3 Å². The van der Waals surface area contributed by atoms with E-state index in [-0.39, 0.29) is 23.3 Å². The summed E-state index contributed by atoms with van der Waals surface area (Å²) in [5, 5.41) is 5.69. The number of anilines is 1. The molecule has 2 aromatic rings. The van der Waals surface area contributed by atoms with Gasteiger partial charge in [-0.2, -0.15) is 0 Å². The fourth-order valence-electron chi connectivity index (χ4n) is 2.45. The van der Waals surface area contributed by atoms with Crippen molar-refractivity contribution in [2.75, 3.05) is 30.5 Å². The highest BCUT2D eigenvalue weighted by Gasteiger charge is 2.07. The fraction of sp³-hybridized carbons (Fsp3) is 0.300. The zero-order chi connectivity index (χ0) is 18.8. The SMILES string of the molecule is COc1ccccc1CCNC(=O)CSCC(=O)Nc1cccc(C)c1. The molecule has 0 aliphatic rings. The number of thioether (sulfide) groups is 1. The van der Waals surface area contributed by atoms with Crippen molar-refractivity contribution in [1.82, 2.24) is 5.32 Å². The van der Waals surface area contributed by atoms with Crippen LogP contribution in [0.1, 0.15) is 11.1 Å². The molecule has 6 heteroatoms. The van der Waals surface area contributed by atoms with Gasteiger partial charge >= 0.3 is 0 Å². The van der Waals surface area contributed by atoms with Crippen molar-refractivity contribution in [2.45, 2.75) is 13.3 Å². The van der Waals surface area contributed by atoms with E-state index >= 15 is 0 Å². The standard InChI is InChI=1S/C20H24N2O3S/c1-15-6-5-8-17(12-15)22-20(24)14-26-13-19(23)21-11-10-16-7-3-4-9-18(16)25-2/h3-9,12H,10-11,13-14H2,1-2H3,(H,21,23)(H,22,24).